The minimum Gasteiger partial charge on any atom is -0.370 e. The molecule has 0 heterocycles. The van der Waals surface area contributed by atoms with Gasteiger partial charge in [-0.15, -0.1) is 0 Å². The van der Waals surface area contributed by atoms with Crippen molar-refractivity contribution in [1.82, 2.24) is 0 Å². The molecule has 0 aliphatic rings. The van der Waals surface area contributed by atoms with Gasteiger partial charge in [0.15, 0.2) is 0 Å². The van der Waals surface area contributed by atoms with Crippen LogP contribution in [0.5, 0.6) is 0 Å². The van der Waals surface area contributed by atoms with Crippen LogP contribution >= 0.6 is 11.6 Å². The fraction of sp³-hybridized carbons (Fsp3) is 0.500. The van der Waals surface area contributed by atoms with Crippen molar-refractivity contribution in [3.05, 3.63) is 33.8 Å². The van der Waals surface area contributed by atoms with Crippen molar-refractivity contribution in [3.63, 3.8) is 0 Å². The highest BCUT2D eigenvalue weighted by atomic mass is 35.5. The molecule has 18 heavy (non-hydrogen) atoms. The van der Waals surface area contributed by atoms with Crippen LogP contribution in [0.4, 0.5) is 0 Å². The Kier molecular flexibility index (Phi) is 5.17. The van der Waals surface area contributed by atoms with Crippen molar-refractivity contribution in [1.29, 1.82) is 0 Å². The average molecular weight is 269 g/mol. The topological polar surface area (TPSA) is 69.1 Å². The van der Waals surface area contributed by atoms with E-state index in [1.165, 1.54) is 5.56 Å². The molecular formula is C14H21ClN2O. The second kappa shape index (κ2) is 6.21. The van der Waals surface area contributed by atoms with Crippen molar-refractivity contribution in [3.8, 4) is 0 Å². The molecule has 100 valence electrons. The molecule has 4 N–H and O–H groups in total. The summed E-state index contributed by atoms with van der Waals surface area (Å²) in [5, 5.41) is 0.692. The molecular weight excluding hydrogens is 248 g/mol. The fourth-order valence-corrected chi connectivity index (χ4v) is 2.43. The summed E-state index contributed by atoms with van der Waals surface area (Å²) in [6, 6.07) is 3.80. The van der Waals surface area contributed by atoms with E-state index < -0.39 is 0 Å². The molecule has 0 saturated carbocycles. The maximum atomic E-state index is 10.8. The largest absolute Gasteiger partial charge is 0.370 e. The zero-order valence-corrected chi connectivity index (χ0v) is 11.9. The van der Waals surface area contributed by atoms with Crippen LogP contribution in [0, 0.1) is 19.8 Å². The van der Waals surface area contributed by atoms with Crippen LogP contribution in [-0.4, -0.2) is 5.91 Å². The number of amides is 1. The summed E-state index contributed by atoms with van der Waals surface area (Å²) in [4.78, 5) is 10.8. The molecule has 0 aliphatic heterocycles. The lowest BCUT2D eigenvalue weighted by Crippen LogP contribution is -2.20. The van der Waals surface area contributed by atoms with Crippen LogP contribution in [0.2, 0.25) is 5.02 Å². The Balaban J connectivity index is 2.81. The first-order valence-corrected chi connectivity index (χ1v) is 6.49. The van der Waals surface area contributed by atoms with Crippen molar-refractivity contribution in [2.24, 2.45) is 17.4 Å². The van der Waals surface area contributed by atoms with Gasteiger partial charge in [-0.05, 0) is 48.9 Å². The predicted octanol–water partition coefficient (Wildman–Crippen LogP) is 2.86. The maximum absolute atomic E-state index is 10.8. The normalized spacial score (nSPS) is 14.3. The Labute approximate surface area is 113 Å². The molecule has 1 aromatic rings. The highest BCUT2D eigenvalue weighted by molar-refractivity contribution is 6.31. The monoisotopic (exact) mass is 268 g/mol. The molecule has 0 spiro atoms. The number of rotatable bonds is 5. The third-order valence-corrected chi connectivity index (χ3v) is 3.55. The molecule has 0 radical (unpaired) electrons. The number of carbonyl (C=O) groups excluding carboxylic acids is 1. The third kappa shape index (κ3) is 4.00. The van der Waals surface area contributed by atoms with Gasteiger partial charge in [0.2, 0.25) is 5.91 Å². The van der Waals surface area contributed by atoms with E-state index in [2.05, 4.69) is 0 Å². The molecule has 0 aliphatic carbocycles. The predicted molar refractivity (Wildman–Crippen MR) is 75.4 cm³/mol. The van der Waals surface area contributed by atoms with Gasteiger partial charge >= 0.3 is 0 Å². The van der Waals surface area contributed by atoms with E-state index in [0.29, 0.717) is 17.9 Å². The van der Waals surface area contributed by atoms with Crippen LogP contribution in [0.25, 0.3) is 0 Å². The van der Waals surface area contributed by atoms with E-state index >= 15 is 0 Å². The minimum absolute atomic E-state index is 0.161. The van der Waals surface area contributed by atoms with Gasteiger partial charge in [-0.2, -0.15) is 0 Å². The second-order valence-corrected chi connectivity index (χ2v) is 5.48. The molecule has 1 aromatic carbocycles. The third-order valence-electron chi connectivity index (χ3n) is 3.22. The smallest absolute Gasteiger partial charge is 0.217 e. The summed E-state index contributed by atoms with van der Waals surface area (Å²) in [5.74, 6) is -0.129. The van der Waals surface area contributed by atoms with Gasteiger partial charge in [0.05, 0.1) is 0 Å². The lowest BCUT2D eigenvalue weighted by Gasteiger charge is -2.19. The first kappa shape index (κ1) is 15.0. The van der Waals surface area contributed by atoms with Crippen LogP contribution in [0.15, 0.2) is 12.1 Å². The maximum Gasteiger partial charge on any atom is 0.217 e. The Bertz CT molecular complexity index is 446. The van der Waals surface area contributed by atoms with Gasteiger partial charge in [0.25, 0.3) is 0 Å². The Morgan fingerprint density at radius 1 is 1.33 bits per heavy atom. The lowest BCUT2D eigenvalue weighted by molar-refractivity contribution is -0.118. The number of nitrogens with two attached hydrogens (primary N) is 2. The van der Waals surface area contributed by atoms with Gasteiger partial charge in [-0.3, -0.25) is 4.79 Å². The number of hydrogen-bond acceptors (Lipinski definition) is 2. The summed E-state index contributed by atoms with van der Waals surface area (Å²) < 4.78 is 0. The summed E-state index contributed by atoms with van der Waals surface area (Å²) in [7, 11) is 0. The Morgan fingerprint density at radius 2 is 1.89 bits per heavy atom. The first-order chi connectivity index (χ1) is 8.31. The average Bonchev–Trinajstić information content (AvgIpc) is 2.21. The summed E-state index contributed by atoms with van der Waals surface area (Å²) >= 11 is 6.21. The number of halogens is 1. The Hall–Kier alpha value is -1.06. The lowest BCUT2D eigenvalue weighted by atomic mass is 9.92. The molecule has 1 amide bonds. The number of primary amides is 1. The first-order valence-electron chi connectivity index (χ1n) is 6.11. The van der Waals surface area contributed by atoms with E-state index in [1.54, 1.807) is 0 Å². The minimum atomic E-state index is -0.291. The zero-order chi connectivity index (χ0) is 13.9. The van der Waals surface area contributed by atoms with Gasteiger partial charge < -0.3 is 11.5 Å². The number of benzene rings is 1. The van der Waals surface area contributed by atoms with Gasteiger partial charge in [-0.25, -0.2) is 0 Å². The number of carbonyl (C=O) groups is 1. The van der Waals surface area contributed by atoms with Crippen molar-refractivity contribution in [2.45, 2.75) is 39.7 Å². The van der Waals surface area contributed by atoms with Gasteiger partial charge in [0.1, 0.15) is 0 Å². The van der Waals surface area contributed by atoms with E-state index in [-0.39, 0.29) is 17.9 Å². The second-order valence-electron chi connectivity index (χ2n) is 5.08. The highest BCUT2D eigenvalue weighted by Gasteiger charge is 2.16. The van der Waals surface area contributed by atoms with Crippen LogP contribution < -0.4 is 11.5 Å². The van der Waals surface area contributed by atoms with E-state index in [9.17, 15) is 4.79 Å². The van der Waals surface area contributed by atoms with E-state index in [0.717, 1.165) is 11.1 Å². The SMILES string of the molecule is Cc1cc(Cl)c(C(N)CC(C)CC(N)=O)cc1C. The number of aryl methyl sites for hydroxylation is 2. The highest BCUT2D eigenvalue weighted by Crippen LogP contribution is 2.29. The molecule has 2 unspecified atom stereocenters. The molecule has 0 bridgehead atoms. The zero-order valence-electron chi connectivity index (χ0n) is 11.2. The van der Waals surface area contributed by atoms with E-state index in [4.69, 9.17) is 23.1 Å². The molecule has 3 nitrogen and oxygen atoms in total. The summed E-state index contributed by atoms with van der Waals surface area (Å²) in [5.41, 5.74) is 14.6. The van der Waals surface area contributed by atoms with Gasteiger partial charge in [-0.1, -0.05) is 24.6 Å². The molecule has 0 saturated heterocycles. The quantitative estimate of drug-likeness (QED) is 0.862. The summed E-state index contributed by atoms with van der Waals surface area (Å²) in [6.45, 7) is 6.03. The standard InChI is InChI=1S/C14H21ClN2O/c1-8(5-14(17)18)4-13(16)11-6-9(2)10(3)7-12(11)15/h6-8,13H,4-5,16H2,1-3H3,(H2,17,18). The molecule has 0 aromatic heterocycles. The molecule has 2 atom stereocenters. The Morgan fingerprint density at radius 3 is 2.44 bits per heavy atom. The van der Waals surface area contributed by atoms with Gasteiger partial charge in [0, 0.05) is 17.5 Å². The van der Waals surface area contributed by atoms with Crippen molar-refractivity contribution < 1.29 is 4.79 Å². The molecule has 4 heteroatoms. The van der Waals surface area contributed by atoms with E-state index in [1.807, 2.05) is 32.9 Å². The van der Waals surface area contributed by atoms with Crippen LogP contribution in [-0.2, 0) is 4.79 Å². The summed E-state index contributed by atoms with van der Waals surface area (Å²) in [6.07, 6.45) is 1.06. The van der Waals surface area contributed by atoms with Crippen LogP contribution in [0.1, 0.15) is 42.5 Å². The molecule has 1 rings (SSSR count). The number of hydrogen-bond donors (Lipinski definition) is 2. The fourth-order valence-electron chi connectivity index (χ4n) is 2.07. The van der Waals surface area contributed by atoms with Crippen LogP contribution in [0.3, 0.4) is 0 Å². The molecule has 0 fully saturated rings. The van der Waals surface area contributed by atoms with Crippen molar-refractivity contribution >= 4 is 17.5 Å². The van der Waals surface area contributed by atoms with Crippen molar-refractivity contribution in [2.75, 3.05) is 0 Å².